The minimum atomic E-state index is 0.926. The molecule has 20 heavy (non-hydrogen) atoms. The first kappa shape index (κ1) is 13.1. The van der Waals surface area contributed by atoms with Crippen LogP contribution in [0, 0.1) is 6.92 Å². The Kier molecular flexibility index (Phi) is 3.65. The minimum absolute atomic E-state index is 0.926. The molecular weight excluding hydrogens is 266 g/mol. The number of nitrogens with one attached hydrogen (secondary N) is 1. The Bertz CT molecular complexity index is 719. The predicted octanol–water partition coefficient (Wildman–Crippen LogP) is 4.49. The van der Waals surface area contributed by atoms with Gasteiger partial charge in [0.2, 0.25) is 0 Å². The van der Waals surface area contributed by atoms with E-state index < -0.39 is 0 Å². The molecule has 102 valence electrons. The third-order valence-electron chi connectivity index (χ3n) is 3.27. The summed E-state index contributed by atoms with van der Waals surface area (Å²) in [7, 11) is 0. The van der Waals surface area contributed by atoms with Crippen LogP contribution in [-0.2, 0) is 0 Å². The summed E-state index contributed by atoms with van der Waals surface area (Å²) in [5, 5.41) is 4.56. The number of fused-ring (bicyclic) bond motifs is 1. The van der Waals surface area contributed by atoms with Gasteiger partial charge in [-0.15, -0.1) is 11.3 Å². The van der Waals surface area contributed by atoms with Crippen molar-refractivity contribution in [3.8, 4) is 11.1 Å². The van der Waals surface area contributed by atoms with Gasteiger partial charge in [0.1, 0.15) is 17.0 Å². The fourth-order valence-electron chi connectivity index (χ4n) is 2.37. The van der Waals surface area contributed by atoms with E-state index in [1.165, 1.54) is 16.0 Å². The lowest BCUT2D eigenvalue weighted by molar-refractivity contribution is 0.970. The summed E-state index contributed by atoms with van der Waals surface area (Å²) < 4.78 is 0. The molecule has 0 unspecified atom stereocenters. The largest absolute Gasteiger partial charge is 0.369 e. The van der Waals surface area contributed by atoms with E-state index in [2.05, 4.69) is 53.4 Å². The zero-order chi connectivity index (χ0) is 13.9. The molecule has 3 rings (SSSR count). The first-order chi connectivity index (χ1) is 9.81. The Morgan fingerprint density at radius 3 is 2.70 bits per heavy atom. The highest BCUT2D eigenvalue weighted by molar-refractivity contribution is 7.19. The van der Waals surface area contributed by atoms with Gasteiger partial charge in [0.15, 0.2) is 0 Å². The summed E-state index contributed by atoms with van der Waals surface area (Å²) in [5.74, 6) is 0.944. The Hall–Kier alpha value is -1.94. The van der Waals surface area contributed by atoms with Crippen molar-refractivity contribution in [3.63, 3.8) is 0 Å². The van der Waals surface area contributed by atoms with E-state index in [1.807, 2.05) is 6.07 Å². The predicted molar refractivity (Wildman–Crippen MR) is 86.4 cm³/mol. The van der Waals surface area contributed by atoms with Crippen molar-refractivity contribution in [1.29, 1.82) is 0 Å². The van der Waals surface area contributed by atoms with Crippen LogP contribution in [0.1, 0.15) is 18.2 Å². The second-order valence-electron chi connectivity index (χ2n) is 4.73. The number of nitrogens with zero attached hydrogens (tertiary/aromatic N) is 2. The number of aryl methyl sites for hydroxylation is 1. The van der Waals surface area contributed by atoms with Crippen LogP contribution in [0.5, 0.6) is 0 Å². The van der Waals surface area contributed by atoms with Gasteiger partial charge in [-0.2, -0.15) is 0 Å². The highest BCUT2D eigenvalue weighted by Crippen LogP contribution is 2.40. The highest BCUT2D eigenvalue weighted by Gasteiger charge is 2.15. The van der Waals surface area contributed by atoms with Gasteiger partial charge in [-0.25, -0.2) is 9.97 Å². The number of thiophene rings is 1. The number of hydrogen-bond acceptors (Lipinski definition) is 4. The fraction of sp³-hybridized carbons (Fsp3) is 0.250. The van der Waals surface area contributed by atoms with Gasteiger partial charge >= 0.3 is 0 Å². The maximum Gasteiger partial charge on any atom is 0.138 e. The Morgan fingerprint density at radius 2 is 1.95 bits per heavy atom. The Labute approximate surface area is 122 Å². The average Bonchev–Trinajstić information content (AvgIpc) is 2.82. The van der Waals surface area contributed by atoms with Crippen molar-refractivity contribution in [3.05, 3.63) is 41.5 Å². The number of hydrogen-bond donors (Lipinski definition) is 1. The van der Waals surface area contributed by atoms with E-state index in [4.69, 9.17) is 0 Å². The molecule has 3 aromatic rings. The van der Waals surface area contributed by atoms with Crippen molar-refractivity contribution in [1.82, 2.24) is 9.97 Å². The van der Waals surface area contributed by atoms with E-state index in [0.717, 1.165) is 29.0 Å². The maximum atomic E-state index is 4.43. The van der Waals surface area contributed by atoms with Gasteiger partial charge < -0.3 is 5.32 Å². The molecule has 0 amide bonds. The second kappa shape index (κ2) is 5.59. The van der Waals surface area contributed by atoms with Crippen molar-refractivity contribution >= 4 is 27.4 Å². The number of aromatic nitrogens is 2. The molecule has 2 heterocycles. The topological polar surface area (TPSA) is 37.8 Å². The summed E-state index contributed by atoms with van der Waals surface area (Å²) in [5.41, 5.74) is 2.48. The molecule has 0 aliphatic heterocycles. The van der Waals surface area contributed by atoms with Crippen LogP contribution in [0.3, 0.4) is 0 Å². The monoisotopic (exact) mass is 283 g/mol. The number of rotatable bonds is 4. The van der Waals surface area contributed by atoms with Crippen LogP contribution in [0.15, 0.2) is 36.7 Å². The molecule has 0 aliphatic carbocycles. The normalized spacial score (nSPS) is 10.9. The van der Waals surface area contributed by atoms with Gasteiger partial charge in [0, 0.05) is 17.0 Å². The number of benzene rings is 1. The summed E-state index contributed by atoms with van der Waals surface area (Å²) >= 11 is 1.73. The zero-order valence-corrected chi connectivity index (χ0v) is 12.5. The summed E-state index contributed by atoms with van der Waals surface area (Å²) in [6.45, 7) is 5.23. The first-order valence-electron chi connectivity index (χ1n) is 6.84. The molecule has 0 bridgehead atoms. The van der Waals surface area contributed by atoms with Gasteiger partial charge in [-0.3, -0.25) is 0 Å². The minimum Gasteiger partial charge on any atom is -0.369 e. The molecule has 3 nitrogen and oxygen atoms in total. The summed E-state index contributed by atoms with van der Waals surface area (Å²) in [6.07, 6.45) is 2.72. The van der Waals surface area contributed by atoms with Crippen molar-refractivity contribution in [2.75, 3.05) is 11.9 Å². The molecule has 0 atom stereocenters. The molecule has 1 aromatic carbocycles. The van der Waals surface area contributed by atoms with E-state index in [9.17, 15) is 0 Å². The SMILES string of the molecule is CCCNc1ncnc2sc(C)c(-c3ccccc3)c12. The molecule has 0 aliphatic rings. The quantitative estimate of drug-likeness (QED) is 0.766. The Balaban J connectivity index is 2.23. The second-order valence-corrected chi connectivity index (χ2v) is 5.93. The lowest BCUT2D eigenvalue weighted by Gasteiger charge is -2.07. The lowest BCUT2D eigenvalue weighted by Crippen LogP contribution is -2.02. The van der Waals surface area contributed by atoms with Crippen LogP contribution < -0.4 is 5.32 Å². The third-order valence-corrected chi connectivity index (χ3v) is 4.28. The van der Waals surface area contributed by atoms with E-state index in [0.29, 0.717) is 0 Å². The fourth-order valence-corrected chi connectivity index (χ4v) is 3.39. The smallest absolute Gasteiger partial charge is 0.138 e. The van der Waals surface area contributed by atoms with Crippen LogP contribution >= 0.6 is 11.3 Å². The van der Waals surface area contributed by atoms with E-state index >= 15 is 0 Å². The zero-order valence-electron chi connectivity index (χ0n) is 11.7. The first-order valence-corrected chi connectivity index (χ1v) is 7.66. The molecule has 4 heteroatoms. The highest BCUT2D eigenvalue weighted by atomic mass is 32.1. The van der Waals surface area contributed by atoms with Gasteiger partial charge in [-0.1, -0.05) is 37.3 Å². The standard InChI is InChI=1S/C16H17N3S/c1-3-9-17-15-14-13(12-7-5-4-6-8-12)11(2)20-16(14)19-10-18-15/h4-8,10H,3,9H2,1-2H3,(H,17,18,19). The van der Waals surface area contributed by atoms with Crippen molar-refractivity contribution < 1.29 is 0 Å². The molecular formula is C16H17N3S. The van der Waals surface area contributed by atoms with Crippen molar-refractivity contribution in [2.45, 2.75) is 20.3 Å². The van der Waals surface area contributed by atoms with Gasteiger partial charge in [0.05, 0.1) is 5.39 Å². The van der Waals surface area contributed by atoms with Crippen LogP contribution in [0.25, 0.3) is 21.3 Å². The lowest BCUT2D eigenvalue weighted by atomic mass is 10.0. The van der Waals surface area contributed by atoms with Gasteiger partial charge in [0.25, 0.3) is 0 Å². The number of anilines is 1. The molecule has 0 fully saturated rings. The molecule has 2 aromatic heterocycles. The maximum absolute atomic E-state index is 4.43. The molecule has 0 saturated carbocycles. The third kappa shape index (κ3) is 2.27. The Morgan fingerprint density at radius 1 is 1.15 bits per heavy atom. The summed E-state index contributed by atoms with van der Waals surface area (Å²) in [6, 6.07) is 10.5. The molecule has 0 saturated heterocycles. The van der Waals surface area contributed by atoms with Gasteiger partial charge in [-0.05, 0) is 18.9 Å². The van der Waals surface area contributed by atoms with E-state index in [1.54, 1.807) is 17.7 Å². The van der Waals surface area contributed by atoms with Crippen LogP contribution in [0.4, 0.5) is 5.82 Å². The average molecular weight is 283 g/mol. The van der Waals surface area contributed by atoms with Crippen molar-refractivity contribution in [2.24, 2.45) is 0 Å². The molecule has 0 radical (unpaired) electrons. The van der Waals surface area contributed by atoms with Crippen LogP contribution in [0.2, 0.25) is 0 Å². The molecule has 0 spiro atoms. The summed E-state index contributed by atoms with van der Waals surface area (Å²) in [4.78, 5) is 11.2. The van der Waals surface area contributed by atoms with E-state index in [-0.39, 0.29) is 0 Å². The molecule has 1 N–H and O–H groups in total. The van der Waals surface area contributed by atoms with Crippen LogP contribution in [-0.4, -0.2) is 16.5 Å².